The minimum Gasteiger partial charge on any atom is -0.370 e. The van der Waals surface area contributed by atoms with Gasteiger partial charge in [0.1, 0.15) is 0 Å². The van der Waals surface area contributed by atoms with E-state index in [0.717, 1.165) is 6.07 Å². The number of benzene rings is 1. The zero-order valence-electron chi connectivity index (χ0n) is 9.78. The molecule has 19 heavy (non-hydrogen) atoms. The molecule has 1 saturated heterocycles. The Kier molecular flexibility index (Phi) is 3.77. The number of rotatable bonds is 1. The summed E-state index contributed by atoms with van der Waals surface area (Å²) in [6.45, 7) is -0.169. The third-order valence-corrected chi connectivity index (χ3v) is 3.74. The van der Waals surface area contributed by atoms with Crippen LogP contribution in [0.1, 0.15) is 18.4 Å². The lowest BCUT2D eigenvalue weighted by atomic mass is 10.0. The Labute approximate surface area is 115 Å². The predicted molar refractivity (Wildman–Crippen MR) is 65.5 cm³/mol. The van der Waals surface area contributed by atoms with Crippen molar-refractivity contribution < 1.29 is 22.0 Å². The molecule has 1 aromatic carbocycles. The van der Waals surface area contributed by atoms with Gasteiger partial charge in [-0.1, -0.05) is 6.07 Å². The summed E-state index contributed by atoms with van der Waals surface area (Å²) in [5, 5.41) is 0. The lowest BCUT2D eigenvalue weighted by Gasteiger charge is -2.35. The standard InChI is InChI=1S/C12H11BrF5N/c13-9-3-1-2-8(12(16,17)18)10(9)19-6-4-11(14,15)5-7-19/h1-3H,4-7H2. The molecular weight excluding hydrogens is 333 g/mol. The number of piperidine rings is 1. The molecule has 0 atom stereocenters. The largest absolute Gasteiger partial charge is 0.418 e. The van der Waals surface area contributed by atoms with E-state index in [2.05, 4.69) is 15.9 Å². The minimum atomic E-state index is -4.50. The molecule has 1 aliphatic rings. The van der Waals surface area contributed by atoms with Crippen molar-refractivity contribution in [1.82, 2.24) is 0 Å². The third kappa shape index (κ3) is 3.19. The van der Waals surface area contributed by atoms with Gasteiger partial charge in [-0.05, 0) is 28.1 Å². The fraction of sp³-hybridized carbons (Fsp3) is 0.500. The van der Waals surface area contributed by atoms with Crippen molar-refractivity contribution >= 4 is 21.6 Å². The zero-order chi connectivity index (χ0) is 14.3. The van der Waals surface area contributed by atoms with Crippen molar-refractivity contribution in [3.8, 4) is 0 Å². The first-order valence-corrected chi connectivity index (χ1v) is 6.48. The van der Waals surface area contributed by atoms with Gasteiger partial charge in [0.15, 0.2) is 0 Å². The molecule has 0 bridgehead atoms. The summed E-state index contributed by atoms with van der Waals surface area (Å²) in [5.41, 5.74) is -0.849. The van der Waals surface area contributed by atoms with Crippen molar-refractivity contribution in [3.63, 3.8) is 0 Å². The van der Waals surface area contributed by atoms with Gasteiger partial charge in [-0.15, -0.1) is 0 Å². The van der Waals surface area contributed by atoms with Gasteiger partial charge in [-0.2, -0.15) is 13.2 Å². The Bertz CT molecular complexity index is 462. The molecule has 7 heteroatoms. The Morgan fingerprint density at radius 3 is 2.21 bits per heavy atom. The molecular formula is C12H11BrF5N. The van der Waals surface area contributed by atoms with E-state index in [4.69, 9.17) is 0 Å². The maximum absolute atomic E-state index is 13.1. The smallest absolute Gasteiger partial charge is 0.370 e. The summed E-state index contributed by atoms with van der Waals surface area (Å²) in [4.78, 5) is 1.37. The van der Waals surface area contributed by atoms with Crippen molar-refractivity contribution in [3.05, 3.63) is 28.2 Å². The van der Waals surface area contributed by atoms with Gasteiger partial charge in [0, 0.05) is 30.4 Å². The van der Waals surface area contributed by atoms with Crippen LogP contribution >= 0.6 is 15.9 Å². The Morgan fingerprint density at radius 1 is 1.11 bits per heavy atom. The summed E-state index contributed by atoms with van der Waals surface area (Å²) in [6.07, 6.45) is -5.35. The summed E-state index contributed by atoms with van der Waals surface area (Å²) in [6, 6.07) is 3.74. The van der Waals surface area contributed by atoms with Crippen LogP contribution in [0.5, 0.6) is 0 Å². The first kappa shape index (κ1) is 14.6. The van der Waals surface area contributed by atoms with E-state index in [1.165, 1.54) is 17.0 Å². The molecule has 0 radical (unpaired) electrons. The predicted octanol–water partition coefficient (Wildman–Crippen LogP) is 4.70. The molecule has 106 valence electrons. The van der Waals surface area contributed by atoms with E-state index in [0.29, 0.717) is 0 Å². The second-order valence-electron chi connectivity index (χ2n) is 4.48. The van der Waals surface area contributed by atoms with Crippen LogP contribution in [0.2, 0.25) is 0 Å². The number of para-hydroxylation sites is 1. The van der Waals surface area contributed by atoms with E-state index < -0.39 is 30.5 Å². The third-order valence-electron chi connectivity index (χ3n) is 3.10. The molecule has 0 saturated carbocycles. The highest BCUT2D eigenvalue weighted by atomic mass is 79.9. The van der Waals surface area contributed by atoms with Crippen LogP contribution in [-0.4, -0.2) is 19.0 Å². The van der Waals surface area contributed by atoms with Gasteiger partial charge in [0.05, 0.1) is 11.3 Å². The fourth-order valence-electron chi connectivity index (χ4n) is 2.12. The maximum Gasteiger partial charge on any atom is 0.418 e. The van der Waals surface area contributed by atoms with E-state index >= 15 is 0 Å². The molecule has 2 rings (SSSR count). The first-order chi connectivity index (χ1) is 8.71. The molecule has 1 heterocycles. The average molecular weight is 344 g/mol. The van der Waals surface area contributed by atoms with Crippen LogP contribution in [0.4, 0.5) is 27.6 Å². The number of hydrogen-bond donors (Lipinski definition) is 0. The van der Waals surface area contributed by atoms with Crippen molar-refractivity contribution in [2.45, 2.75) is 24.9 Å². The molecule has 0 spiro atoms. The number of hydrogen-bond acceptors (Lipinski definition) is 1. The van der Waals surface area contributed by atoms with Crippen molar-refractivity contribution in [1.29, 1.82) is 0 Å². The van der Waals surface area contributed by atoms with Crippen LogP contribution in [0, 0.1) is 0 Å². The summed E-state index contributed by atoms with van der Waals surface area (Å²) >= 11 is 3.07. The number of nitrogens with zero attached hydrogens (tertiary/aromatic N) is 1. The molecule has 1 fully saturated rings. The highest BCUT2D eigenvalue weighted by Gasteiger charge is 2.39. The number of alkyl halides is 5. The molecule has 1 aliphatic heterocycles. The number of halogens is 6. The van der Waals surface area contributed by atoms with E-state index in [1.807, 2.05) is 0 Å². The average Bonchev–Trinajstić information content (AvgIpc) is 2.28. The molecule has 0 aliphatic carbocycles. The van der Waals surface area contributed by atoms with Gasteiger partial charge in [0.2, 0.25) is 0 Å². The molecule has 1 aromatic rings. The van der Waals surface area contributed by atoms with E-state index in [9.17, 15) is 22.0 Å². The summed E-state index contributed by atoms with van der Waals surface area (Å²) < 4.78 is 65.2. The van der Waals surface area contributed by atoms with Crippen LogP contribution in [0.15, 0.2) is 22.7 Å². The zero-order valence-corrected chi connectivity index (χ0v) is 11.4. The second-order valence-corrected chi connectivity index (χ2v) is 5.33. The van der Waals surface area contributed by atoms with Gasteiger partial charge in [-0.3, -0.25) is 0 Å². The van der Waals surface area contributed by atoms with Crippen LogP contribution < -0.4 is 4.90 Å². The quantitative estimate of drug-likeness (QED) is 0.668. The van der Waals surface area contributed by atoms with Crippen molar-refractivity contribution in [2.75, 3.05) is 18.0 Å². The second kappa shape index (κ2) is 4.92. The SMILES string of the molecule is FC1(F)CCN(c2c(Br)cccc2C(F)(F)F)CC1. The molecule has 0 unspecified atom stereocenters. The summed E-state index contributed by atoms with van der Waals surface area (Å²) in [5.74, 6) is -2.78. The van der Waals surface area contributed by atoms with Gasteiger partial charge in [-0.25, -0.2) is 8.78 Å². The summed E-state index contributed by atoms with van der Waals surface area (Å²) in [7, 11) is 0. The highest BCUT2D eigenvalue weighted by molar-refractivity contribution is 9.10. The monoisotopic (exact) mass is 343 g/mol. The van der Waals surface area contributed by atoms with Gasteiger partial charge in [0.25, 0.3) is 5.92 Å². The fourth-order valence-corrected chi connectivity index (χ4v) is 2.74. The normalized spacial score (nSPS) is 19.6. The topological polar surface area (TPSA) is 3.24 Å². The first-order valence-electron chi connectivity index (χ1n) is 5.69. The lowest BCUT2D eigenvalue weighted by molar-refractivity contribution is -0.137. The Balaban J connectivity index is 2.35. The molecule has 0 aromatic heterocycles. The van der Waals surface area contributed by atoms with Gasteiger partial charge >= 0.3 is 6.18 Å². The van der Waals surface area contributed by atoms with Gasteiger partial charge < -0.3 is 4.90 Å². The lowest BCUT2D eigenvalue weighted by Crippen LogP contribution is -2.40. The van der Waals surface area contributed by atoms with E-state index in [1.54, 1.807) is 0 Å². The van der Waals surface area contributed by atoms with Crippen LogP contribution in [0.25, 0.3) is 0 Å². The molecule has 0 N–H and O–H groups in total. The van der Waals surface area contributed by atoms with E-state index in [-0.39, 0.29) is 23.2 Å². The highest BCUT2D eigenvalue weighted by Crippen LogP contribution is 2.42. The van der Waals surface area contributed by atoms with Crippen molar-refractivity contribution in [2.24, 2.45) is 0 Å². The van der Waals surface area contributed by atoms with Crippen LogP contribution in [0.3, 0.4) is 0 Å². The minimum absolute atomic E-state index is 0.0505. The maximum atomic E-state index is 13.1. The Hall–Kier alpha value is -0.850. The molecule has 1 nitrogen and oxygen atoms in total. The number of anilines is 1. The Morgan fingerprint density at radius 2 is 1.68 bits per heavy atom. The molecule has 0 amide bonds. The van der Waals surface area contributed by atoms with Crippen LogP contribution in [-0.2, 0) is 6.18 Å².